The van der Waals surface area contributed by atoms with Crippen molar-refractivity contribution >= 4 is 83.9 Å². The van der Waals surface area contributed by atoms with E-state index in [2.05, 4.69) is 38.9 Å². The molecule has 5 atom stereocenters. The number of nitrogens with two attached hydrogens (primary N) is 1. The summed E-state index contributed by atoms with van der Waals surface area (Å²) in [6, 6.07) is -5.45. The minimum atomic E-state index is -2.05. The zero-order valence-electron chi connectivity index (χ0n) is 29.1. The Hall–Kier alpha value is -4.24. The summed E-state index contributed by atoms with van der Waals surface area (Å²) in [5.74, 6) is -9.62. The fraction of sp³-hybridized carbons (Fsp3) is 0.667. The average Bonchev–Trinajstić information content (AvgIpc) is 3.07. The van der Waals surface area contributed by atoms with Crippen LogP contribution in [0.5, 0.6) is 0 Å². The van der Waals surface area contributed by atoms with E-state index in [-0.39, 0.29) is 38.0 Å². The lowest BCUT2D eigenvalue weighted by Gasteiger charge is -2.21. The van der Waals surface area contributed by atoms with Gasteiger partial charge < -0.3 is 47.4 Å². The molecule has 0 aliphatic carbocycles. The summed E-state index contributed by atoms with van der Waals surface area (Å²) in [4.78, 5) is 112. The molecule has 10 N–H and O–H groups in total. The van der Waals surface area contributed by atoms with E-state index in [1.165, 1.54) is 0 Å². The second kappa shape index (κ2) is 26.6. The average molecular weight is 766 g/mol. The van der Waals surface area contributed by atoms with Gasteiger partial charge in [-0.15, -0.1) is 11.8 Å². The first kappa shape index (κ1) is 44.8. The molecule has 0 aromatic heterocycles. The third-order valence-corrected chi connectivity index (χ3v) is 8.38. The molecule has 0 heterocycles. The van der Waals surface area contributed by atoms with Crippen LogP contribution in [0.15, 0.2) is 4.99 Å². The third-order valence-electron chi connectivity index (χ3n) is 6.77. The number of unbranched alkanes of at least 4 members (excludes halogenated alkanes) is 2. The Balaban J connectivity index is 5.83. The second-order valence-electron chi connectivity index (χ2n) is 11.0. The number of nitrogens with one attached hydrogen (secondary N) is 4. The van der Waals surface area contributed by atoms with E-state index in [1.54, 1.807) is 0 Å². The van der Waals surface area contributed by atoms with Crippen LogP contribution in [0.2, 0.25) is 0 Å². The number of nitrogens with zero attached hydrogens (tertiary/aromatic N) is 1. The number of aliphatic carboxylic acids is 4. The van der Waals surface area contributed by atoms with Crippen molar-refractivity contribution in [1.82, 2.24) is 21.3 Å². The van der Waals surface area contributed by atoms with Gasteiger partial charge in [0.25, 0.3) is 0 Å². The number of thiol groups is 1. The van der Waals surface area contributed by atoms with Crippen LogP contribution in [0.3, 0.4) is 0 Å². The Kier molecular flexibility index (Phi) is 23.3. The van der Waals surface area contributed by atoms with E-state index in [0.29, 0.717) is 24.6 Å². The number of Topliss-reactive ketones (excluding diaryl/α,β-unsaturated/α-hetero) is 1. The highest BCUT2D eigenvalue weighted by Crippen LogP contribution is 2.20. The maximum Gasteiger partial charge on any atom is 0.328 e. The number of hydrogen-bond acceptors (Lipinski definition) is 13. The summed E-state index contributed by atoms with van der Waals surface area (Å²) in [6.45, 7) is 0.907. The number of rotatable bonds is 29. The first-order valence-electron chi connectivity index (χ1n) is 16.4. The first-order valence-corrected chi connectivity index (χ1v) is 17.6. The molecule has 0 aromatic carbocycles. The Bertz CT molecular complexity index is 1310. The fourth-order valence-corrected chi connectivity index (χ4v) is 5.24. The zero-order chi connectivity index (χ0) is 39.9. The molecule has 0 aliphatic rings. The summed E-state index contributed by atoms with van der Waals surface area (Å²) in [7, 11) is 0. The molecule has 4 amide bonds. The van der Waals surface area contributed by atoms with E-state index in [9.17, 15) is 48.3 Å². The van der Waals surface area contributed by atoms with Gasteiger partial charge >= 0.3 is 23.9 Å². The van der Waals surface area contributed by atoms with E-state index < -0.39 is 114 Å². The summed E-state index contributed by atoms with van der Waals surface area (Å²) in [6.07, 6.45) is 0.605. The van der Waals surface area contributed by atoms with Gasteiger partial charge in [-0.3, -0.25) is 43.3 Å². The number of carboxylic acids is 4. The van der Waals surface area contributed by atoms with Crippen molar-refractivity contribution in [1.29, 1.82) is 0 Å². The van der Waals surface area contributed by atoms with Crippen molar-refractivity contribution in [3.8, 4) is 0 Å². The standard InChI is InChI=1S/C30H48N6O13S2/c1-2-3-4-5-21(37)22(51-16-20(28(45)34-14-26(42)43)36-23(38)8-6-17(31)29(46)47)10-12-32-18(30(48)49)7-9-24(39)35-19(15-50)27(44)33-13-11-25(40)41/h12,17-20,22,50H,2-11,13-16,31H2,1H3,(H,33,44)(H,34,45)(H,35,39)(H,36,38)(H,40,41)(H,42,43)(H,46,47)(H,48,49)/b32-12+/t17-,18-,19+,20+,22?/m0/s1/i22D. The number of thioether (sulfide) groups is 1. The molecule has 19 nitrogen and oxygen atoms in total. The molecule has 0 bridgehead atoms. The lowest BCUT2D eigenvalue weighted by Crippen LogP contribution is -2.50. The molecule has 288 valence electrons. The van der Waals surface area contributed by atoms with Gasteiger partial charge in [-0.1, -0.05) is 19.8 Å². The SMILES string of the molecule is [2H]C(C/C=N/[C@@H](CCC(=O)N[C@H](CS)C(=O)NCCC(=O)O)C(=O)O)(SC[C@@H](NC(=O)CC[C@H](N)C(=O)O)C(=O)NCC(=O)O)C(=O)CCCCC. The molecule has 0 spiro atoms. The number of amides is 4. The Morgan fingerprint density at radius 3 is 1.98 bits per heavy atom. The van der Waals surface area contributed by atoms with Crippen molar-refractivity contribution in [2.45, 2.75) is 101 Å². The molecule has 0 aromatic rings. The normalized spacial score (nSPS) is 14.8. The summed E-state index contributed by atoms with van der Waals surface area (Å²) < 4.78 is 8.98. The molecular formula is C30H48N6O13S2. The van der Waals surface area contributed by atoms with Crippen molar-refractivity contribution in [2.24, 2.45) is 10.7 Å². The van der Waals surface area contributed by atoms with Crippen LogP contribution >= 0.6 is 24.4 Å². The molecule has 1 unspecified atom stereocenters. The number of carboxylic acid groups (broad SMARTS) is 4. The van der Waals surface area contributed by atoms with Crippen LogP contribution < -0.4 is 27.0 Å². The Morgan fingerprint density at radius 2 is 1.43 bits per heavy atom. The predicted molar refractivity (Wildman–Crippen MR) is 188 cm³/mol. The van der Waals surface area contributed by atoms with Crippen LogP contribution in [-0.4, -0.2) is 134 Å². The van der Waals surface area contributed by atoms with E-state index >= 15 is 0 Å². The molecule has 51 heavy (non-hydrogen) atoms. The second-order valence-corrected chi connectivity index (χ2v) is 12.5. The number of ketones is 1. The zero-order valence-corrected chi connectivity index (χ0v) is 29.8. The fourth-order valence-electron chi connectivity index (χ4n) is 3.93. The summed E-state index contributed by atoms with van der Waals surface area (Å²) in [5, 5.41) is 43.4. The van der Waals surface area contributed by atoms with Crippen molar-refractivity contribution in [3.63, 3.8) is 0 Å². The highest BCUT2D eigenvalue weighted by molar-refractivity contribution is 8.00. The van der Waals surface area contributed by atoms with Gasteiger partial charge in [-0.25, -0.2) is 4.79 Å². The van der Waals surface area contributed by atoms with Gasteiger partial charge in [0.15, 0.2) is 0 Å². The Morgan fingerprint density at radius 1 is 0.824 bits per heavy atom. The molecule has 0 rings (SSSR count). The van der Waals surface area contributed by atoms with Gasteiger partial charge in [0, 0.05) is 49.9 Å². The molecule has 0 saturated carbocycles. The van der Waals surface area contributed by atoms with E-state index in [4.69, 9.17) is 22.4 Å². The van der Waals surface area contributed by atoms with Gasteiger partial charge in [-0.05, 0) is 19.3 Å². The van der Waals surface area contributed by atoms with E-state index in [0.717, 1.165) is 12.6 Å². The minimum absolute atomic E-state index is 0.0494. The number of hydrogen-bond donors (Lipinski definition) is 10. The third kappa shape index (κ3) is 22.2. The highest BCUT2D eigenvalue weighted by Gasteiger charge is 2.27. The lowest BCUT2D eigenvalue weighted by molar-refractivity contribution is -0.140. The predicted octanol–water partition coefficient (Wildman–Crippen LogP) is -1.18. The molecule has 21 heteroatoms. The van der Waals surface area contributed by atoms with Crippen LogP contribution in [0.25, 0.3) is 0 Å². The van der Waals surface area contributed by atoms with Crippen molar-refractivity contribution in [2.75, 3.05) is 24.6 Å². The molecule has 0 saturated heterocycles. The Labute approximate surface area is 305 Å². The maximum atomic E-state index is 13.3. The summed E-state index contributed by atoms with van der Waals surface area (Å²) in [5.41, 5.74) is 5.42. The monoisotopic (exact) mass is 765 g/mol. The molecular weight excluding hydrogens is 716 g/mol. The molecule has 0 fully saturated rings. The topological polar surface area (TPSA) is 321 Å². The molecule has 0 radical (unpaired) electrons. The van der Waals surface area contributed by atoms with Gasteiger partial charge in [-0.2, -0.15) is 12.6 Å². The van der Waals surface area contributed by atoms with Crippen LogP contribution in [0, 0.1) is 0 Å². The minimum Gasteiger partial charge on any atom is -0.481 e. The van der Waals surface area contributed by atoms with Gasteiger partial charge in [0.1, 0.15) is 36.5 Å². The van der Waals surface area contributed by atoms with Crippen LogP contribution in [-0.2, 0) is 43.2 Å². The largest absolute Gasteiger partial charge is 0.481 e. The highest BCUT2D eigenvalue weighted by atomic mass is 32.2. The van der Waals surface area contributed by atoms with Gasteiger partial charge in [0.05, 0.1) is 13.0 Å². The van der Waals surface area contributed by atoms with Crippen molar-refractivity contribution < 1.29 is 64.9 Å². The van der Waals surface area contributed by atoms with Crippen molar-refractivity contribution in [3.05, 3.63) is 0 Å². The van der Waals surface area contributed by atoms with E-state index in [1.807, 2.05) is 6.92 Å². The quantitative estimate of drug-likeness (QED) is 0.0243. The van der Waals surface area contributed by atoms with Crippen LogP contribution in [0.1, 0.15) is 72.5 Å². The number of carbonyl (C=O) groups is 9. The number of aliphatic imine (C=N–C) groups is 1. The maximum absolute atomic E-state index is 13.3. The smallest absolute Gasteiger partial charge is 0.328 e. The van der Waals surface area contributed by atoms with Gasteiger partial charge in [0.2, 0.25) is 23.6 Å². The molecule has 0 aliphatic heterocycles. The summed E-state index contributed by atoms with van der Waals surface area (Å²) >= 11 is 4.63. The first-order chi connectivity index (χ1) is 24.4. The number of carbonyl (C=O) groups excluding carboxylic acids is 5. The van der Waals surface area contributed by atoms with Crippen LogP contribution in [0.4, 0.5) is 0 Å². The lowest BCUT2D eigenvalue weighted by atomic mass is 10.1.